The summed E-state index contributed by atoms with van der Waals surface area (Å²) in [6, 6.07) is 14.2. The molecule has 0 N–H and O–H groups in total. The Balaban J connectivity index is 1.83. The number of hydrogen-bond donors (Lipinski definition) is 0. The zero-order valence-corrected chi connectivity index (χ0v) is 15.4. The third kappa shape index (κ3) is 2.07. The van der Waals surface area contributed by atoms with Gasteiger partial charge in [0.05, 0.1) is 16.7 Å². The van der Waals surface area contributed by atoms with E-state index >= 15 is 0 Å². The quantitative estimate of drug-likeness (QED) is 0.521. The predicted octanol–water partition coefficient (Wildman–Crippen LogP) is 3.60. The van der Waals surface area contributed by atoms with Crippen molar-refractivity contribution < 1.29 is 0 Å². The first-order chi connectivity index (χ1) is 12.7. The molecule has 5 heteroatoms. The highest BCUT2D eigenvalue weighted by Crippen LogP contribution is 2.31. The van der Waals surface area contributed by atoms with E-state index in [9.17, 15) is 4.79 Å². The lowest BCUT2D eigenvalue weighted by Crippen LogP contribution is -2.33. The van der Waals surface area contributed by atoms with E-state index < -0.39 is 0 Å². The molecule has 0 atom stereocenters. The van der Waals surface area contributed by atoms with E-state index in [1.54, 1.807) is 4.40 Å². The lowest BCUT2D eigenvalue weighted by Gasteiger charge is -2.29. The molecule has 5 rings (SSSR count). The van der Waals surface area contributed by atoms with Crippen LogP contribution in [0.5, 0.6) is 0 Å². The molecule has 0 bridgehead atoms. The van der Waals surface area contributed by atoms with Gasteiger partial charge in [0.15, 0.2) is 4.96 Å². The summed E-state index contributed by atoms with van der Waals surface area (Å²) in [4.78, 5) is 20.8. The van der Waals surface area contributed by atoms with Gasteiger partial charge >= 0.3 is 0 Å². The summed E-state index contributed by atoms with van der Waals surface area (Å²) >= 11 is 1.46. The number of para-hydroxylation sites is 2. The molecule has 3 heterocycles. The number of benzene rings is 2. The maximum Gasteiger partial charge on any atom is 0.277 e. The summed E-state index contributed by atoms with van der Waals surface area (Å²) < 4.78 is 2.47. The number of thiazole rings is 1. The van der Waals surface area contributed by atoms with Gasteiger partial charge in [0.1, 0.15) is 4.53 Å². The normalized spacial score (nSPS) is 15.8. The smallest absolute Gasteiger partial charge is 0.277 e. The lowest BCUT2D eigenvalue weighted by atomic mass is 10.0. The Hall–Kier alpha value is -2.92. The molecule has 4 nitrogen and oxygen atoms in total. The van der Waals surface area contributed by atoms with E-state index in [0.29, 0.717) is 0 Å². The molecule has 0 fully saturated rings. The maximum atomic E-state index is 13.2. The Kier molecular flexibility index (Phi) is 3.27. The lowest BCUT2D eigenvalue weighted by molar-refractivity contribution is 1.02. The van der Waals surface area contributed by atoms with Crippen molar-refractivity contribution in [3.8, 4) is 0 Å². The summed E-state index contributed by atoms with van der Waals surface area (Å²) in [6.45, 7) is 5.01. The van der Waals surface area contributed by atoms with Crippen LogP contribution < -0.4 is 15.0 Å². The molecule has 4 aromatic rings. The Morgan fingerprint density at radius 1 is 1.12 bits per heavy atom. The second-order valence-electron chi connectivity index (χ2n) is 6.48. The van der Waals surface area contributed by atoms with Gasteiger partial charge in [0.2, 0.25) is 0 Å². The SMILES string of the molecule is CCN1/C(=c2/sc3nc4ccccc4n3c2=O)C=Cc2cc(C)ccc21. The molecule has 0 saturated carbocycles. The number of rotatable bonds is 1. The number of imidazole rings is 1. The molecular formula is C21H17N3OS. The monoisotopic (exact) mass is 359 g/mol. The summed E-state index contributed by atoms with van der Waals surface area (Å²) in [5, 5.41) is 0. The van der Waals surface area contributed by atoms with E-state index in [0.717, 1.165) is 38.5 Å². The Bertz CT molecular complexity index is 1310. The van der Waals surface area contributed by atoms with E-state index in [-0.39, 0.29) is 5.56 Å². The Morgan fingerprint density at radius 3 is 2.81 bits per heavy atom. The number of nitrogens with zero attached hydrogens (tertiary/aromatic N) is 3. The van der Waals surface area contributed by atoms with Crippen molar-refractivity contribution in [2.24, 2.45) is 0 Å². The summed E-state index contributed by atoms with van der Waals surface area (Å²) in [6.07, 6.45) is 4.16. The number of hydrogen-bond acceptors (Lipinski definition) is 4. The Morgan fingerprint density at radius 2 is 1.96 bits per heavy atom. The van der Waals surface area contributed by atoms with E-state index in [2.05, 4.69) is 54.1 Å². The van der Waals surface area contributed by atoms with Crippen LogP contribution in [0.25, 0.3) is 27.8 Å². The highest BCUT2D eigenvalue weighted by Gasteiger charge is 2.20. The number of anilines is 1. The molecule has 2 aromatic heterocycles. The molecule has 0 aliphatic carbocycles. The predicted molar refractivity (Wildman–Crippen MR) is 109 cm³/mol. The molecule has 0 amide bonds. The van der Waals surface area contributed by atoms with Crippen molar-refractivity contribution in [2.45, 2.75) is 13.8 Å². The van der Waals surface area contributed by atoms with Crippen molar-refractivity contribution in [2.75, 3.05) is 11.4 Å². The molecule has 0 saturated heterocycles. The average Bonchev–Trinajstić information content (AvgIpc) is 3.17. The Labute approximate surface area is 154 Å². The first kappa shape index (κ1) is 15.3. The van der Waals surface area contributed by atoms with Gasteiger partial charge in [-0.2, -0.15) is 0 Å². The molecule has 0 unspecified atom stereocenters. The molecule has 1 aliphatic rings. The highest BCUT2D eigenvalue weighted by molar-refractivity contribution is 7.15. The highest BCUT2D eigenvalue weighted by atomic mass is 32.1. The minimum atomic E-state index is 0.00682. The number of fused-ring (bicyclic) bond motifs is 4. The fourth-order valence-electron chi connectivity index (χ4n) is 3.65. The van der Waals surface area contributed by atoms with Crippen LogP contribution in [0.2, 0.25) is 0 Å². The van der Waals surface area contributed by atoms with Gasteiger partial charge in [0.25, 0.3) is 5.56 Å². The van der Waals surface area contributed by atoms with Gasteiger partial charge in [-0.25, -0.2) is 9.38 Å². The van der Waals surface area contributed by atoms with Crippen LogP contribution in [-0.2, 0) is 0 Å². The molecule has 0 spiro atoms. The van der Waals surface area contributed by atoms with Crippen molar-refractivity contribution in [1.29, 1.82) is 0 Å². The standard InChI is InChI=1S/C21H17N3OS/c1-3-23-16-10-8-13(2)12-14(16)9-11-18(23)19-20(25)24-17-7-5-4-6-15(17)22-21(24)26-19/h4-12H,3H2,1-2H3/b19-18+. The average molecular weight is 359 g/mol. The van der Waals surface area contributed by atoms with Gasteiger partial charge in [-0.15, -0.1) is 0 Å². The fourth-order valence-corrected chi connectivity index (χ4v) is 4.71. The largest absolute Gasteiger partial charge is 0.340 e. The summed E-state index contributed by atoms with van der Waals surface area (Å²) in [5.41, 5.74) is 6.26. The van der Waals surface area contributed by atoms with Crippen LogP contribution >= 0.6 is 11.3 Å². The molecule has 2 aromatic carbocycles. The van der Waals surface area contributed by atoms with E-state index in [1.807, 2.05) is 24.3 Å². The minimum absolute atomic E-state index is 0.00682. The van der Waals surface area contributed by atoms with Crippen molar-refractivity contribution in [3.05, 3.63) is 74.6 Å². The second kappa shape index (κ2) is 5.54. The second-order valence-corrected chi connectivity index (χ2v) is 7.46. The van der Waals surface area contributed by atoms with Gasteiger partial charge in [0, 0.05) is 12.2 Å². The molecule has 1 aliphatic heterocycles. The fraction of sp³-hybridized carbons (Fsp3) is 0.143. The first-order valence-corrected chi connectivity index (χ1v) is 9.49. The van der Waals surface area contributed by atoms with Gasteiger partial charge < -0.3 is 4.90 Å². The van der Waals surface area contributed by atoms with Crippen LogP contribution in [-0.4, -0.2) is 15.9 Å². The van der Waals surface area contributed by atoms with Crippen molar-refractivity contribution >= 4 is 44.8 Å². The van der Waals surface area contributed by atoms with E-state index in [4.69, 9.17) is 0 Å². The van der Waals surface area contributed by atoms with Crippen LogP contribution in [0.4, 0.5) is 5.69 Å². The van der Waals surface area contributed by atoms with Gasteiger partial charge in [-0.05, 0) is 49.8 Å². The van der Waals surface area contributed by atoms with Crippen LogP contribution in [0.1, 0.15) is 18.1 Å². The van der Waals surface area contributed by atoms with Crippen LogP contribution in [0.3, 0.4) is 0 Å². The molecular weight excluding hydrogens is 342 g/mol. The van der Waals surface area contributed by atoms with Crippen molar-refractivity contribution in [1.82, 2.24) is 9.38 Å². The third-order valence-electron chi connectivity index (χ3n) is 4.85. The number of likely N-dealkylation sites (N-methyl/N-ethyl adjacent to an activating group) is 1. The first-order valence-electron chi connectivity index (χ1n) is 8.68. The van der Waals surface area contributed by atoms with Crippen molar-refractivity contribution in [3.63, 3.8) is 0 Å². The molecule has 128 valence electrons. The summed E-state index contributed by atoms with van der Waals surface area (Å²) in [5.74, 6) is 0. The van der Waals surface area contributed by atoms with Gasteiger partial charge in [-0.3, -0.25) is 4.79 Å². The summed E-state index contributed by atoms with van der Waals surface area (Å²) in [7, 11) is 0. The molecule has 0 radical (unpaired) electrons. The van der Waals surface area contributed by atoms with Gasteiger partial charge in [-0.1, -0.05) is 41.2 Å². The van der Waals surface area contributed by atoms with Crippen LogP contribution in [0, 0.1) is 6.92 Å². The zero-order chi connectivity index (χ0) is 17.8. The number of aromatic nitrogens is 2. The zero-order valence-electron chi connectivity index (χ0n) is 14.6. The molecule has 26 heavy (non-hydrogen) atoms. The van der Waals surface area contributed by atoms with Crippen LogP contribution in [0.15, 0.2) is 53.3 Å². The minimum Gasteiger partial charge on any atom is -0.340 e. The van der Waals surface area contributed by atoms with E-state index in [1.165, 1.54) is 22.5 Å². The topological polar surface area (TPSA) is 37.6 Å². The maximum absolute atomic E-state index is 13.2. The number of aryl methyl sites for hydroxylation is 1. The third-order valence-corrected chi connectivity index (χ3v) is 5.90.